The van der Waals surface area contributed by atoms with Gasteiger partial charge in [0, 0.05) is 12.8 Å². The fourth-order valence-electron chi connectivity index (χ4n) is 2.83. The average molecular weight is 366 g/mol. The van der Waals surface area contributed by atoms with Crippen LogP contribution in [-0.2, 0) is 7.05 Å². The van der Waals surface area contributed by atoms with Gasteiger partial charge in [-0.2, -0.15) is 0 Å². The molecule has 6 nitrogen and oxygen atoms in total. The van der Waals surface area contributed by atoms with Crippen molar-refractivity contribution in [3.05, 3.63) is 64.4 Å². The maximum Gasteiger partial charge on any atom is 0.262 e. The first kappa shape index (κ1) is 16.7. The lowest BCUT2D eigenvalue weighted by Gasteiger charge is -2.08. The van der Waals surface area contributed by atoms with E-state index in [-0.39, 0.29) is 5.56 Å². The molecule has 0 atom stereocenters. The summed E-state index contributed by atoms with van der Waals surface area (Å²) in [6.07, 6.45) is 0. The Morgan fingerprint density at radius 2 is 1.85 bits per heavy atom. The summed E-state index contributed by atoms with van der Waals surface area (Å²) in [5.41, 5.74) is 1.96. The van der Waals surface area contributed by atoms with Gasteiger partial charge in [0.05, 0.1) is 17.5 Å². The molecule has 7 heteroatoms. The normalized spacial score (nSPS) is 11.3. The van der Waals surface area contributed by atoms with Crippen molar-refractivity contribution < 1.29 is 4.74 Å². The summed E-state index contributed by atoms with van der Waals surface area (Å²) in [5.74, 6) is 2.12. The van der Waals surface area contributed by atoms with Crippen LogP contribution in [-0.4, -0.2) is 31.5 Å². The lowest BCUT2D eigenvalue weighted by molar-refractivity contribution is 0.344. The molecule has 2 aromatic carbocycles. The molecule has 0 saturated carbocycles. The third-order valence-electron chi connectivity index (χ3n) is 4.20. The average Bonchev–Trinajstić information content (AvgIpc) is 3.09. The fraction of sp³-hybridized carbons (Fsp3) is 0.211. The fourth-order valence-corrected chi connectivity index (χ4v) is 3.59. The van der Waals surface area contributed by atoms with Crippen molar-refractivity contribution in [2.45, 2.75) is 12.1 Å². The molecule has 2 heterocycles. The molecule has 2 aromatic heterocycles. The first-order valence-corrected chi connectivity index (χ1v) is 9.29. The summed E-state index contributed by atoms with van der Waals surface area (Å²) >= 11 is 1.56. The van der Waals surface area contributed by atoms with Gasteiger partial charge in [-0.15, -0.1) is 10.2 Å². The van der Waals surface area contributed by atoms with Crippen LogP contribution in [0.25, 0.3) is 16.7 Å². The van der Waals surface area contributed by atoms with Gasteiger partial charge in [0.1, 0.15) is 5.75 Å². The third kappa shape index (κ3) is 2.94. The van der Waals surface area contributed by atoms with Crippen LogP contribution in [0.2, 0.25) is 0 Å². The van der Waals surface area contributed by atoms with Crippen molar-refractivity contribution in [3.63, 3.8) is 0 Å². The van der Waals surface area contributed by atoms with Crippen LogP contribution < -0.4 is 10.3 Å². The summed E-state index contributed by atoms with van der Waals surface area (Å²) in [6.45, 7) is 2.61. The molecule has 132 valence electrons. The molecule has 0 N–H and O–H groups in total. The van der Waals surface area contributed by atoms with Crippen molar-refractivity contribution in [1.82, 2.24) is 19.2 Å². The molecule has 0 radical (unpaired) electrons. The highest BCUT2D eigenvalue weighted by atomic mass is 32.2. The van der Waals surface area contributed by atoms with Crippen LogP contribution >= 0.6 is 11.8 Å². The predicted octanol–water partition coefficient (Wildman–Crippen LogP) is 3.06. The van der Waals surface area contributed by atoms with Crippen LogP contribution in [0.4, 0.5) is 0 Å². The quantitative estimate of drug-likeness (QED) is 0.401. The van der Waals surface area contributed by atoms with Crippen molar-refractivity contribution in [1.29, 1.82) is 0 Å². The van der Waals surface area contributed by atoms with Gasteiger partial charge in [-0.3, -0.25) is 13.8 Å². The van der Waals surface area contributed by atoms with Gasteiger partial charge in [0.15, 0.2) is 5.16 Å². The number of hydrogen-bond donors (Lipinski definition) is 0. The van der Waals surface area contributed by atoms with E-state index in [2.05, 4.69) is 10.2 Å². The molecule has 0 saturated heterocycles. The van der Waals surface area contributed by atoms with Gasteiger partial charge >= 0.3 is 0 Å². The smallest absolute Gasteiger partial charge is 0.262 e. The predicted molar refractivity (Wildman–Crippen MR) is 103 cm³/mol. The highest BCUT2D eigenvalue weighted by Gasteiger charge is 2.14. The molecule has 0 amide bonds. The first-order valence-electron chi connectivity index (χ1n) is 8.30. The van der Waals surface area contributed by atoms with Gasteiger partial charge in [-0.05, 0) is 31.2 Å². The number of para-hydroxylation sites is 1. The van der Waals surface area contributed by atoms with E-state index in [1.807, 2.05) is 59.9 Å². The van der Waals surface area contributed by atoms with Crippen molar-refractivity contribution >= 4 is 28.4 Å². The molecular weight excluding hydrogens is 348 g/mol. The van der Waals surface area contributed by atoms with Crippen molar-refractivity contribution in [3.8, 4) is 5.75 Å². The Hall–Kier alpha value is -2.80. The molecule has 0 aliphatic carbocycles. The third-order valence-corrected chi connectivity index (χ3v) is 5.09. The molecule has 0 aliphatic heterocycles. The lowest BCUT2D eigenvalue weighted by Crippen LogP contribution is -2.20. The Labute approximate surface area is 154 Å². The van der Waals surface area contributed by atoms with Crippen molar-refractivity contribution in [2.24, 2.45) is 7.05 Å². The van der Waals surface area contributed by atoms with Crippen LogP contribution in [0.3, 0.4) is 0 Å². The monoisotopic (exact) mass is 366 g/mol. The number of nitrogens with zero attached hydrogens (tertiary/aromatic N) is 4. The molecule has 0 spiro atoms. The van der Waals surface area contributed by atoms with E-state index in [4.69, 9.17) is 4.74 Å². The maximum atomic E-state index is 12.4. The molecule has 4 rings (SSSR count). The summed E-state index contributed by atoms with van der Waals surface area (Å²) in [6, 6.07) is 15.5. The zero-order valence-corrected chi connectivity index (χ0v) is 15.4. The van der Waals surface area contributed by atoms with E-state index in [0.29, 0.717) is 17.8 Å². The second kappa shape index (κ2) is 6.84. The van der Waals surface area contributed by atoms with Gasteiger partial charge in [-0.1, -0.05) is 41.6 Å². The van der Waals surface area contributed by atoms with Gasteiger partial charge in [0.2, 0.25) is 5.78 Å². The molecule has 0 unspecified atom stereocenters. The minimum atomic E-state index is -0.0697. The summed E-state index contributed by atoms with van der Waals surface area (Å²) in [5, 5.41) is 9.86. The molecule has 0 bridgehead atoms. The second-order valence-corrected chi connectivity index (χ2v) is 7.07. The van der Waals surface area contributed by atoms with E-state index < -0.39 is 0 Å². The highest BCUT2D eigenvalue weighted by Crippen LogP contribution is 2.21. The van der Waals surface area contributed by atoms with Gasteiger partial charge in [0.25, 0.3) is 5.56 Å². The molecule has 26 heavy (non-hydrogen) atoms. The Morgan fingerprint density at radius 3 is 2.65 bits per heavy atom. The van der Waals surface area contributed by atoms with Crippen LogP contribution in [0.1, 0.15) is 5.56 Å². The number of fused-ring (bicyclic) bond motifs is 3. The number of ether oxygens (including phenoxy) is 1. The van der Waals surface area contributed by atoms with E-state index in [0.717, 1.165) is 22.2 Å². The van der Waals surface area contributed by atoms with E-state index in [1.54, 1.807) is 18.8 Å². The minimum absolute atomic E-state index is 0.0697. The van der Waals surface area contributed by atoms with E-state index in [9.17, 15) is 4.79 Å². The van der Waals surface area contributed by atoms with E-state index >= 15 is 0 Å². The second-order valence-electron chi connectivity index (χ2n) is 6.01. The Bertz CT molecular complexity index is 1130. The SMILES string of the molecule is Cc1ccc(OCCSc2nnc3n(C)c(=O)c4ccccc4n23)cc1. The summed E-state index contributed by atoms with van der Waals surface area (Å²) in [7, 11) is 1.72. The van der Waals surface area contributed by atoms with Crippen LogP contribution in [0.5, 0.6) is 5.75 Å². The van der Waals surface area contributed by atoms with Crippen LogP contribution in [0.15, 0.2) is 58.5 Å². The number of rotatable bonds is 5. The molecular formula is C19H18N4O2S. The number of aromatic nitrogens is 4. The highest BCUT2D eigenvalue weighted by molar-refractivity contribution is 7.99. The lowest BCUT2D eigenvalue weighted by atomic mass is 10.2. The zero-order valence-electron chi connectivity index (χ0n) is 14.5. The topological polar surface area (TPSA) is 61.4 Å². The standard InChI is InChI=1S/C19H18N4O2S/c1-13-7-9-14(10-8-13)25-11-12-26-19-21-20-18-22(2)17(24)15-5-3-4-6-16(15)23(18)19/h3-10H,11-12H2,1-2H3. The Morgan fingerprint density at radius 1 is 1.08 bits per heavy atom. The first-order chi connectivity index (χ1) is 12.6. The largest absolute Gasteiger partial charge is 0.493 e. The zero-order chi connectivity index (χ0) is 18.1. The molecule has 4 aromatic rings. The molecule has 0 aliphatic rings. The summed E-state index contributed by atoms with van der Waals surface area (Å²) < 4.78 is 9.22. The molecule has 0 fully saturated rings. The van der Waals surface area contributed by atoms with E-state index in [1.165, 1.54) is 10.1 Å². The number of aryl methyl sites for hydroxylation is 2. The minimum Gasteiger partial charge on any atom is -0.493 e. The summed E-state index contributed by atoms with van der Waals surface area (Å²) in [4.78, 5) is 12.4. The Balaban J connectivity index is 1.57. The van der Waals surface area contributed by atoms with Crippen LogP contribution in [0, 0.1) is 6.92 Å². The maximum absolute atomic E-state index is 12.4. The number of benzene rings is 2. The number of hydrogen-bond acceptors (Lipinski definition) is 5. The van der Waals surface area contributed by atoms with Gasteiger partial charge < -0.3 is 4.74 Å². The van der Waals surface area contributed by atoms with Gasteiger partial charge in [-0.25, -0.2) is 0 Å². The Kier molecular flexibility index (Phi) is 4.38. The van der Waals surface area contributed by atoms with Crippen molar-refractivity contribution in [2.75, 3.05) is 12.4 Å². The number of thioether (sulfide) groups is 1.